The highest BCUT2D eigenvalue weighted by molar-refractivity contribution is 5.83. The fraction of sp³-hybridized carbons (Fsp3) is 0.237. The molecular weight excluding hydrogens is 608 g/mol. The Morgan fingerprint density at radius 2 is 1.79 bits per heavy atom. The molecule has 0 unspecified atom stereocenters. The zero-order valence-electron chi connectivity index (χ0n) is 27.7. The third-order valence-electron chi connectivity index (χ3n) is 7.86. The number of nitrogens with zero attached hydrogens (tertiary/aromatic N) is 4. The second-order valence-electron chi connectivity index (χ2n) is 11.5. The van der Waals surface area contributed by atoms with Crippen molar-refractivity contribution in [2.75, 3.05) is 13.7 Å². The van der Waals surface area contributed by atoms with Crippen molar-refractivity contribution < 1.29 is 19.1 Å². The molecule has 0 radical (unpaired) electrons. The third kappa shape index (κ3) is 7.12. The van der Waals surface area contributed by atoms with Crippen LogP contribution in [0.1, 0.15) is 54.5 Å². The van der Waals surface area contributed by atoms with Crippen LogP contribution in [0.15, 0.2) is 95.3 Å². The highest BCUT2D eigenvalue weighted by Crippen LogP contribution is 2.36. The molecule has 0 bridgehead atoms. The van der Waals surface area contributed by atoms with Gasteiger partial charge in [0.25, 0.3) is 11.2 Å². The maximum Gasteiger partial charge on any atom is 0.282 e. The molecule has 0 N–H and O–H groups in total. The van der Waals surface area contributed by atoms with E-state index in [-0.39, 0.29) is 23.8 Å². The summed E-state index contributed by atoms with van der Waals surface area (Å²) in [6.45, 7) is 12.5. The number of non-ortho nitro benzene ring substituents is 1. The number of ether oxygens (including phenoxy) is 3. The summed E-state index contributed by atoms with van der Waals surface area (Å²) in [5.74, 6) is 2.39. The first-order chi connectivity index (χ1) is 23.1. The molecule has 48 heavy (non-hydrogen) atoms. The van der Waals surface area contributed by atoms with Crippen LogP contribution in [0.4, 0.5) is 5.69 Å². The molecular formula is C38H38N4O6. The Hall–Kier alpha value is -5.77. The lowest BCUT2D eigenvalue weighted by Crippen LogP contribution is -2.21. The van der Waals surface area contributed by atoms with E-state index in [0.717, 1.165) is 33.6 Å². The van der Waals surface area contributed by atoms with E-state index in [1.807, 2.05) is 44.2 Å². The molecule has 0 fully saturated rings. The average Bonchev–Trinajstić information content (AvgIpc) is 3.07. The van der Waals surface area contributed by atoms with Crippen LogP contribution in [-0.2, 0) is 13.0 Å². The van der Waals surface area contributed by atoms with E-state index >= 15 is 0 Å². The molecule has 0 saturated heterocycles. The van der Waals surface area contributed by atoms with Crippen molar-refractivity contribution in [1.29, 1.82) is 0 Å². The SMILES string of the molecule is C=CCc1cc(C=Nn2c(-c3cc(C(C)C)c(OC)cc3C)nc3ccccc3c2=O)cc(OCC)c1OCc1ccc([N+](=O)[O-])cc1. The number of fused-ring (bicyclic) bond motifs is 1. The van der Waals surface area contributed by atoms with Crippen molar-refractivity contribution in [3.05, 3.63) is 134 Å². The Bertz CT molecular complexity index is 2070. The maximum absolute atomic E-state index is 14.0. The van der Waals surface area contributed by atoms with E-state index in [2.05, 4.69) is 20.4 Å². The highest BCUT2D eigenvalue weighted by atomic mass is 16.6. The van der Waals surface area contributed by atoms with E-state index in [9.17, 15) is 14.9 Å². The second-order valence-corrected chi connectivity index (χ2v) is 11.5. The lowest BCUT2D eigenvalue weighted by molar-refractivity contribution is -0.384. The van der Waals surface area contributed by atoms with Crippen LogP contribution in [-0.4, -0.2) is 34.5 Å². The topological polar surface area (TPSA) is 118 Å². The largest absolute Gasteiger partial charge is 0.496 e. The summed E-state index contributed by atoms with van der Waals surface area (Å²) >= 11 is 0. The van der Waals surface area contributed by atoms with Gasteiger partial charge >= 0.3 is 0 Å². The number of aryl methyl sites for hydroxylation is 1. The molecule has 4 aromatic carbocycles. The lowest BCUT2D eigenvalue weighted by atomic mass is 9.96. The van der Waals surface area contributed by atoms with Gasteiger partial charge in [-0.25, -0.2) is 4.98 Å². The lowest BCUT2D eigenvalue weighted by Gasteiger charge is -2.18. The van der Waals surface area contributed by atoms with Gasteiger partial charge in [0, 0.05) is 23.3 Å². The van der Waals surface area contributed by atoms with Crippen molar-refractivity contribution in [2.24, 2.45) is 5.10 Å². The van der Waals surface area contributed by atoms with Crippen molar-refractivity contribution >= 4 is 22.8 Å². The van der Waals surface area contributed by atoms with Crippen molar-refractivity contribution in [1.82, 2.24) is 9.66 Å². The van der Waals surface area contributed by atoms with Crippen LogP contribution >= 0.6 is 0 Å². The van der Waals surface area contributed by atoms with E-state index in [0.29, 0.717) is 46.8 Å². The Kier molecular flexibility index (Phi) is 10.3. The molecule has 0 aliphatic carbocycles. The van der Waals surface area contributed by atoms with Gasteiger partial charge in [0.2, 0.25) is 0 Å². The third-order valence-corrected chi connectivity index (χ3v) is 7.86. The van der Waals surface area contributed by atoms with E-state index in [1.165, 1.54) is 16.8 Å². The van der Waals surface area contributed by atoms with Crippen LogP contribution in [0.25, 0.3) is 22.3 Å². The quantitative estimate of drug-likeness (QED) is 0.0550. The van der Waals surface area contributed by atoms with E-state index in [1.54, 1.807) is 49.7 Å². The average molecular weight is 647 g/mol. The Morgan fingerprint density at radius 1 is 1.04 bits per heavy atom. The summed E-state index contributed by atoms with van der Waals surface area (Å²) in [5, 5.41) is 16.2. The summed E-state index contributed by atoms with van der Waals surface area (Å²) in [5.41, 5.74) is 5.20. The molecule has 0 amide bonds. The summed E-state index contributed by atoms with van der Waals surface area (Å²) < 4.78 is 19.2. The molecule has 0 aliphatic heterocycles. The van der Waals surface area contributed by atoms with Gasteiger partial charge in [-0.3, -0.25) is 14.9 Å². The minimum Gasteiger partial charge on any atom is -0.496 e. The summed E-state index contributed by atoms with van der Waals surface area (Å²) in [6, 6.07) is 21.1. The van der Waals surface area contributed by atoms with Gasteiger partial charge in [-0.05, 0) is 97.0 Å². The number of methoxy groups -OCH3 is 1. The molecule has 1 aromatic heterocycles. The van der Waals surface area contributed by atoms with Crippen LogP contribution in [0, 0.1) is 17.0 Å². The molecule has 0 aliphatic rings. The predicted molar refractivity (Wildman–Crippen MR) is 189 cm³/mol. The number of nitro groups is 1. The highest BCUT2D eigenvalue weighted by Gasteiger charge is 2.19. The number of hydrogen-bond donors (Lipinski definition) is 0. The zero-order valence-corrected chi connectivity index (χ0v) is 27.7. The van der Waals surface area contributed by atoms with Gasteiger partial charge in [0.05, 0.1) is 35.8 Å². The molecule has 10 nitrogen and oxygen atoms in total. The van der Waals surface area contributed by atoms with Gasteiger partial charge < -0.3 is 14.2 Å². The Balaban J connectivity index is 1.60. The number of allylic oxidation sites excluding steroid dienone is 1. The maximum atomic E-state index is 14.0. The van der Waals surface area contributed by atoms with Crippen LogP contribution in [0.2, 0.25) is 0 Å². The Morgan fingerprint density at radius 3 is 2.46 bits per heavy atom. The number of benzene rings is 4. The van der Waals surface area contributed by atoms with Gasteiger partial charge in [0.1, 0.15) is 12.4 Å². The number of hydrogen-bond acceptors (Lipinski definition) is 8. The van der Waals surface area contributed by atoms with Gasteiger partial charge in [-0.15, -0.1) is 6.58 Å². The summed E-state index contributed by atoms with van der Waals surface area (Å²) in [7, 11) is 1.65. The molecule has 0 spiro atoms. The molecule has 0 atom stereocenters. The molecule has 5 rings (SSSR count). The second kappa shape index (κ2) is 14.8. The number of rotatable bonds is 13. The van der Waals surface area contributed by atoms with Gasteiger partial charge in [-0.2, -0.15) is 9.78 Å². The fourth-order valence-electron chi connectivity index (χ4n) is 5.46. The van der Waals surface area contributed by atoms with E-state index in [4.69, 9.17) is 24.3 Å². The molecule has 1 heterocycles. The van der Waals surface area contributed by atoms with Crippen LogP contribution < -0.4 is 19.8 Å². The predicted octanol–water partition coefficient (Wildman–Crippen LogP) is 8.00. The molecule has 246 valence electrons. The molecule has 5 aromatic rings. The number of aromatic nitrogens is 2. The smallest absolute Gasteiger partial charge is 0.282 e. The standard InChI is InChI=1S/C38H38N4O6/c1-7-11-28-19-27(20-35(47-8-2)36(28)48-23-26-14-16-29(17-15-26)42(44)45)22-39-41-37(40-33-13-10-9-12-30(33)38(41)43)32-21-31(24(3)4)34(46-6)18-25(32)5/h7,9-10,12-22,24H,1,8,11,23H2,2-6H3. The Labute approximate surface area is 279 Å². The monoisotopic (exact) mass is 646 g/mol. The zero-order chi connectivity index (χ0) is 34.4. The minimum absolute atomic E-state index is 0.0103. The first-order valence-corrected chi connectivity index (χ1v) is 15.7. The number of para-hydroxylation sites is 1. The summed E-state index contributed by atoms with van der Waals surface area (Å²) in [4.78, 5) is 29.5. The van der Waals surface area contributed by atoms with E-state index < -0.39 is 4.92 Å². The van der Waals surface area contributed by atoms with Crippen molar-refractivity contribution in [3.8, 4) is 28.6 Å². The molecule has 10 heteroatoms. The van der Waals surface area contributed by atoms with Crippen molar-refractivity contribution in [2.45, 2.75) is 46.6 Å². The van der Waals surface area contributed by atoms with Gasteiger partial charge in [-0.1, -0.05) is 32.1 Å². The van der Waals surface area contributed by atoms with Crippen molar-refractivity contribution in [3.63, 3.8) is 0 Å². The number of nitro benzene ring substituents is 1. The molecule has 0 saturated carbocycles. The summed E-state index contributed by atoms with van der Waals surface area (Å²) in [6.07, 6.45) is 3.85. The first-order valence-electron chi connectivity index (χ1n) is 15.7. The first kappa shape index (κ1) is 33.6. The van der Waals surface area contributed by atoms with Crippen LogP contribution in [0.3, 0.4) is 0 Å². The van der Waals surface area contributed by atoms with Gasteiger partial charge in [0.15, 0.2) is 17.3 Å². The minimum atomic E-state index is -0.438. The van der Waals surface area contributed by atoms with Crippen LogP contribution in [0.5, 0.6) is 17.2 Å². The fourth-order valence-corrected chi connectivity index (χ4v) is 5.46. The normalized spacial score (nSPS) is 11.3.